The maximum Gasteiger partial charge on any atom is 0.310 e. The van der Waals surface area contributed by atoms with Gasteiger partial charge < -0.3 is 14.6 Å². The highest BCUT2D eigenvalue weighted by Crippen LogP contribution is 2.34. The molecule has 7 nitrogen and oxygen atoms in total. The molecule has 266 valence electrons. The average molecular weight is 674 g/mol. The molecule has 8 heteroatoms. The zero-order chi connectivity index (χ0) is 35.0. The van der Waals surface area contributed by atoms with Crippen molar-refractivity contribution in [2.45, 2.75) is 170 Å². The predicted molar refractivity (Wildman–Crippen MR) is 192 cm³/mol. The summed E-state index contributed by atoms with van der Waals surface area (Å²) in [6.45, 7) is 15.3. The van der Waals surface area contributed by atoms with Crippen LogP contribution in [0.4, 0.5) is 0 Å². The van der Waals surface area contributed by atoms with Crippen molar-refractivity contribution >= 4 is 35.1 Å². The Morgan fingerprint density at radius 3 is 2.34 bits per heavy atom. The molecule has 5 atom stereocenters. The molecule has 0 bridgehead atoms. The first-order valence-electron chi connectivity index (χ1n) is 18.1. The minimum Gasteiger partial charge on any atom is -0.461 e. The molecule has 0 fully saturated rings. The van der Waals surface area contributed by atoms with Gasteiger partial charge in [0.25, 0.3) is 0 Å². The molecule has 0 saturated carbocycles. The number of nitrogens with zero attached hydrogens (tertiary/aromatic N) is 1. The van der Waals surface area contributed by atoms with Gasteiger partial charge in [-0.1, -0.05) is 83.8 Å². The Morgan fingerprint density at radius 1 is 1.09 bits per heavy atom. The average Bonchev–Trinajstić information content (AvgIpc) is 3.43. The Hall–Kier alpha value is -2.32. The zero-order valence-electron chi connectivity index (χ0n) is 30.6. The van der Waals surface area contributed by atoms with Crippen LogP contribution in [0.15, 0.2) is 22.6 Å². The van der Waals surface area contributed by atoms with Crippen LogP contribution in [-0.2, 0) is 23.9 Å². The number of hydrogen-bond acceptors (Lipinski definition) is 8. The second-order valence-corrected chi connectivity index (χ2v) is 15.5. The van der Waals surface area contributed by atoms with Gasteiger partial charge in [0.1, 0.15) is 18.0 Å². The first-order valence-corrected chi connectivity index (χ1v) is 19.0. The molecular formula is C39H63NO6S. The van der Waals surface area contributed by atoms with E-state index < -0.39 is 41.6 Å². The normalized spacial score (nSPS) is 26.4. The van der Waals surface area contributed by atoms with Gasteiger partial charge >= 0.3 is 11.9 Å². The Kier molecular flexibility index (Phi) is 18.2. The van der Waals surface area contributed by atoms with E-state index in [-0.39, 0.29) is 24.5 Å². The van der Waals surface area contributed by atoms with E-state index >= 15 is 0 Å². The summed E-state index contributed by atoms with van der Waals surface area (Å²) >= 11 is 1.57. The molecule has 1 aromatic heterocycles. The van der Waals surface area contributed by atoms with Gasteiger partial charge in [0, 0.05) is 24.1 Å². The number of carbonyl (C=O) groups is 3. The van der Waals surface area contributed by atoms with Crippen molar-refractivity contribution in [1.82, 2.24) is 4.98 Å². The van der Waals surface area contributed by atoms with Gasteiger partial charge in [-0.3, -0.25) is 14.4 Å². The minimum atomic E-state index is -1.21. The number of aryl methyl sites for hydroxylation is 1. The van der Waals surface area contributed by atoms with E-state index in [1.807, 2.05) is 32.2 Å². The van der Waals surface area contributed by atoms with E-state index in [0.29, 0.717) is 12.8 Å². The number of ketones is 1. The van der Waals surface area contributed by atoms with Crippen LogP contribution in [-0.4, -0.2) is 46.1 Å². The van der Waals surface area contributed by atoms with Gasteiger partial charge in [-0.25, -0.2) is 4.98 Å². The first kappa shape index (κ1) is 40.9. The van der Waals surface area contributed by atoms with Crippen molar-refractivity contribution < 1.29 is 29.0 Å². The summed E-state index contributed by atoms with van der Waals surface area (Å²) in [6.07, 6.45) is 14.9. The smallest absolute Gasteiger partial charge is 0.310 e. The standard InChI is InChI=1S/C39H63NO6S/c1-9-10-11-12-13-14-15-16-17-21-35(41)46-34-25-36(42)45-33(29(4)24-32-26-47-31(6)40-32)23-22-27(2)19-18-20-28(3)37(43)30(5)38(44)39(34,7)8/h22,24,26,28,30,33-34,37,43H,9-21,23,25H2,1-8H3/b27-22-,29-24+/t28-,30-,33+,34+,37?/m1/s1. The van der Waals surface area contributed by atoms with Crippen LogP contribution >= 0.6 is 11.3 Å². The van der Waals surface area contributed by atoms with Crippen LogP contribution in [0.2, 0.25) is 0 Å². The van der Waals surface area contributed by atoms with E-state index in [1.165, 1.54) is 44.1 Å². The van der Waals surface area contributed by atoms with Crippen LogP contribution in [0.3, 0.4) is 0 Å². The molecule has 1 aliphatic rings. The van der Waals surface area contributed by atoms with Gasteiger partial charge in [0.05, 0.1) is 28.6 Å². The summed E-state index contributed by atoms with van der Waals surface area (Å²) in [5.74, 6) is -1.92. The van der Waals surface area contributed by atoms with E-state index in [4.69, 9.17) is 9.47 Å². The Labute approximate surface area is 289 Å². The van der Waals surface area contributed by atoms with E-state index in [9.17, 15) is 19.5 Å². The van der Waals surface area contributed by atoms with Crippen molar-refractivity contribution in [3.8, 4) is 0 Å². The summed E-state index contributed by atoms with van der Waals surface area (Å²) in [6, 6.07) is 0. The molecule has 0 amide bonds. The highest BCUT2D eigenvalue weighted by molar-refractivity contribution is 7.09. The summed E-state index contributed by atoms with van der Waals surface area (Å²) < 4.78 is 12.0. The van der Waals surface area contributed by atoms with E-state index in [1.54, 1.807) is 32.1 Å². The van der Waals surface area contributed by atoms with Crippen LogP contribution in [0.5, 0.6) is 0 Å². The largest absolute Gasteiger partial charge is 0.461 e. The number of aromatic nitrogens is 1. The SMILES string of the molecule is CCCCCCCCCCCC(=O)O[C@H]1CC(=O)O[C@H](/C(C)=C/c2csc(C)n2)C/C=C(/C)CCC[C@@H](C)C(O)[C@@H](C)C(=O)C1(C)C. The number of carbonyl (C=O) groups excluding carboxylic acids is 3. The van der Waals surface area contributed by atoms with Gasteiger partial charge in [-0.05, 0) is 77.9 Å². The molecule has 47 heavy (non-hydrogen) atoms. The molecule has 0 radical (unpaired) electrons. The highest BCUT2D eigenvalue weighted by Gasteiger charge is 2.45. The molecular weight excluding hydrogens is 610 g/mol. The summed E-state index contributed by atoms with van der Waals surface area (Å²) in [4.78, 5) is 45.2. The molecule has 0 spiro atoms. The third kappa shape index (κ3) is 14.4. The second-order valence-electron chi connectivity index (χ2n) is 14.4. The maximum atomic E-state index is 13.9. The number of unbranched alkanes of at least 4 members (excludes halogenated alkanes) is 8. The van der Waals surface area contributed by atoms with Crippen molar-refractivity contribution in [3.63, 3.8) is 0 Å². The molecule has 0 saturated heterocycles. The van der Waals surface area contributed by atoms with Gasteiger partial charge in [-0.15, -0.1) is 11.3 Å². The lowest BCUT2D eigenvalue weighted by Crippen LogP contribution is -2.47. The fourth-order valence-corrected chi connectivity index (χ4v) is 6.95. The summed E-state index contributed by atoms with van der Waals surface area (Å²) in [7, 11) is 0. The number of thiazole rings is 1. The topological polar surface area (TPSA) is 103 Å². The quantitative estimate of drug-likeness (QED) is 0.126. The van der Waals surface area contributed by atoms with E-state index in [0.717, 1.165) is 48.4 Å². The zero-order valence-corrected chi connectivity index (χ0v) is 31.4. The molecule has 0 aliphatic carbocycles. The number of aliphatic hydroxyl groups is 1. The maximum absolute atomic E-state index is 13.9. The number of hydrogen-bond donors (Lipinski definition) is 1. The third-order valence-corrected chi connectivity index (χ3v) is 10.6. The summed E-state index contributed by atoms with van der Waals surface area (Å²) in [5.41, 5.74) is 1.67. The van der Waals surface area contributed by atoms with Crippen LogP contribution in [0.1, 0.15) is 155 Å². The molecule has 1 aliphatic heterocycles. The molecule has 1 N–H and O–H groups in total. The lowest BCUT2D eigenvalue weighted by molar-refractivity contribution is -0.167. The number of esters is 2. The lowest BCUT2D eigenvalue weighted by Gasteiger charge is -2.36. The van der Waals surface area contributed by atoms with Crippen molar-refractivity contribution in [3.05, 3.63) is 33.3 Å². The number of aliphatic hydroxyl groups excluding tert-OH is 1. The molecule has 0 aromatic carbocycles. The lowest BCUT2D eigenvalue weighted by atomic mass is 9.72. The summed E-state index contributed by atoms with van der Waals surface area (Å²) in [5, 5.41) is 14.1. The number of ether oxygens (including phenoxy) is 2. The number of cyclic esters (lactones) is 1. The Bertz CT molecular complexity index is 1180. The van der Waals surface area contributed by atoms with Crippen molar-refractivity contribution in [2.24, 2.45) is 17.3 Å². The predicted octanol–water partition coefficient (Wildman–Crippen LogP) is 9.74. The van der Waals surface area contributed by atoms with E-state index in [2.05, 4.69) is 24.9 Å². The fourth-order valence-electron chi connectivity index (χ4n) is 6.38. The first-order chi connectivity index (χ1) is 22.3. The van der Waals surface area contributed by atoms with Crippen molar-refractivity contribution in [2.75, 3.05) is 0 Å². The fraction of sp³-hybridized carbons (Fsp3) is 0.744. The Balaban J connectivity index is 2.25. The number of Topliss-reactive ketones (excluding diaryl/α,β-unsaturated/α-hetero) is 1. The Morgan fingerprint density at radius 2 is 1.72 bits per heavy atom. The van der Waals surface area contributed by atoms with Crippen molar-refractivity contribution in [1.29, 1.82) is 0 Å². The van der Waals surface area contributed by atoms with Gasteiger partial charge in [0.2, 0.25) is 0 Å². The van der Waals surface area contributed by atoms with Crippen LogP contribution < -0.4 is 0 Å². The highest BCUT2D eigenvalue weighted by atomic mass is 32.1. The third-order valence-electron chi connectivity index (χ3n) is 9.76. The number of allylic oxidation sites excluding steroid dienone is 1. The second kappa shape index (κ2) is 20.9. The monoisotopic (exact) mass is 673 g/mol. The molecule has 1 unspecified atom stereocenters. The molecule has 2 heterocycles. The van der Waals surface area contributed by atoms with Crippen LogP contribution in [0.25, 0.3) is 6.08 Å². The van der Waals surface area contributed by atoms with Gasteiger partial charge in [-0.2, -0.15) is 0 Å². The van der Waals surface area contributed by atoms with Gasteiger partial charge in [0.15, 0.2) is 0 Å². The number of rotatable bonds is 13. The minimum absolute atomic E-state index is 0.0810. The molecule has 2 rings (SSSR count). The van der Waals surface area contributed by atoms with Crippen LogP contribution in [0, 0.1) is 24.2 Å². The molecule has 1 aromatic rings.